The molecule has 3 aromatic rings. The lowest BCUT2D eigenvalue weighted by Crippen LogP contribution is -2.21. The van der Waals surface area contributed by atoms with Gasteiger partial charge in [0.15, 0.2) is 11.6 Å². The number of nitrogens with zero attached hydrogens (tertiary/aromatic N) is 4. The number of rotatable bonds is 3. The van der Waals surface area contributed by atoms with E-state index in [9.17, 15) is 0 Å². The molecular weight excluding hydrogens is 280 g/mol. The van der Waals surface area contributed by atoms with E-state index >= 15 is 0 Å². The van der Waals surface area contributed by atoms with Crippen molar-refractivity contribution in [2.45, 2.75) is 18.9 Å². The first-order chi connectivity index (χ1) is 10.9. The third-order valence-electron chi connectivity index (χ3n) is 3.85. The van der Waals surface area contributed by atoms with E-state index in [0.717, 1.165) is 37.4 Å². The van der Waals surface area contributed by atoms with Crippen LogP contribution in [0.15, 0.2) is 47.6 Å². The minimum atomic E-state index is 0.330. The van der Waals surface area contributed by atoms with Crippen LogP contribution in [0.4, 0.5) is 0 Å². The number of ether oxygens (including phenoxy) is 1. The zero-order chi connectivity index (χ0) is 14.8. The summed E-state index contributed by atoms with van der Waals surface area (Å²) in [6.45, 7) is 1.58. The SMILES string of the molecule is c1coc(-c2ncc(-c3nccn3[C@@H]3CCCOC3)cn2)c1. The summed E-state index contributed by atoms with van der Waals surface area (Å²) in [7, 11) is 0. The summed E-state index contributed by atoms with van der Waals surface area (Å²) in [5, 5.41) is 0. The van der Waals surface area contributed by atoms with Gasteiger partial charge in [-0.25, -0.2) is 15.0 Å². The minimum Gasteiger partial charge on any atom is -0.461 e. The van der Waals surface area contributed by atoms with Gasteiger partial charge in [0.1, 0.15) is 5.82 Å². The smallest absolute Gasteiger partial charge is 0.195 e. The molecule has 1 atom stereocenters. The molecular formula is C16H16N4O2. The lowest BCUT2D eigenvalue weighted by Gasteiger charge is -2.24. The van der Waals surface area contributed by atoms with Crippen molar-refractivity contribution in [3.05, 3.63) is 43.2 Å². The maximum absolute atomic E-state index is 5.57. The van der Waals surface area contributed by atoms with Crippen LogP contribution in [0, 0.1) is 0 Å². The molecule has 0 N–H and O–H groups in total. The number of hydrogen-bond acceptors (Lipinski definition) is 5. The minimum absolute atomic E-state index is 0.330. The summed E-state index contributed by atoms with van der Waals surface area (Å²) in [6, 6.07) is 3.99. The summed E-state index contributed by atoms with van der Waals surface area (Å²) < 4.78 is 13.0. The Bertz CT molecular complexity index is 728. The number of hydrogen-bond donors (Lipinski definition) is 0. The van der Waals surface area contributed by atoms with Crippen molar-refractivity contribution in [1.82, 2.24) is 19.5 Å². The van der Waals surface area contributed by atoms with Crippen molar-refractivity contribution in [2.75, 3.05) is 13.2 Å². The van der Waals surface area contributed by atoms with Crippen molar-refractivity contribution in [3.63, 3.8) is 0 Å². The summed E-state index contributed by atoms with van der Waals surface area (Å²) in [4.78, 5) is 13.2. The molecule has 112 valence electrons. The van der Waals surface area contributed by atoms with Crippen LogP contribution in [-0.2, 0) is 4.74 Å². The Hall–Kier alpha value is -2.47. The predicted octanol–water partition coefficient (Wildman–Crippen LogP) is 2.95. The van der Waals surface area contributed by atoms with E-state index in [4.69, 9.17) is 9.15 Å². The fourth-order valence-corrected chi connectivity index (χ4v) is 2.75. The summed E-state index contributed by atoms with van der Waals surface area (Å²) in [6.07, 6.45) is 11.2. The van der Waals surface area contributed by atoms with Crippen molar-refractivity contribution in [1.29, 1.82) is 0 Å². The van der Waals surface area contributed by atoms with E-state index in [-0.39, 0.29) is 0 Å². The molecule has 1 saturated heterocycles. The third kappa shape index (κ3) is 2.42. The normalized spacial score (nSPS) is 18.5. The van der Waals surface area contributed by atoms with E-state index in [1.54, 1.807) is 18.7 Å². The molecule has 0 saturated carbocycles. The standard InChI is InChI=1S/C16H16N4O2/c1-3-13(11-21-7-1)20-6-5-17-16(20)12-9-18-15(19-10-12)14-4-2-8-22-14/h2,4-6,8-10,13H,1,3,7,11H2/t13-/m1/s1. The van der Waals surface area contributed by atoms with Crippen molar-refractivity contribution >= 4 is 0 Å². The van der Waals surface area contributed by atoms with Gasteiger partial charge < -0.3 is 13.7 Å². The van der Waals surface area contributed by atoms with Gasteiger partial charge >= 0.3 is 0 Å². The molecule has 0 bridgehead atoms. The highest BCUT2D eigenvalue weighted by Crippen LogP contribution is 2.26. The molecule has 3 aromatic heterocycles. The quantitative estimate of drug-likeness (QED) is 0.743. The van der Waals surface area contributed by atoms with Gasteiger partial charge in [-0.05, 0) is 25.0 Å². The van der Waals surface area contributed by atoms with Gasteiger partial charge in [-0.2, -0.15) is 0 Å². The molecule has 0 radical (unpaired) electrons. The second-order valence-electron chi connectivity index (χ2n) is 5.30. The Morgan fingerprint density at radius 1 is 1.18 bits per heavy atom. The van der Waals surface area contributed by atoms with E-state index in [1.807, 2.05) is 24.5 Å². The Morgan fingerprint density at radius 3 is 2.82 bits per heavy atom. The van der Waals surface area contributed by atoms with Crippen LogP contribution in [0.5, 0.6) is 0 Å². The van der Waals surface area contributed by atoms with E-state index in [2.05, 4.69) is 19.5 Å². The lowest BCUT2D eigenvalue weighted by molar-refractivity contribution is 0.0597. The van der Waals surface area contributed by atoms with Gasteiger partial charge in [0.2, 0.25) is 0 Å². The highest BCUT2D eigenvalue weighted by molar-refractivity contribution is 5.55. The third-order valence-corrected chi connectivity index (χ3v) is 3.85. The zero-order valence-corrected chi connectivity index (χ0v) is 12.1. The Morgan fingerprint density at radius 2 is 2.09 bits per heavy atom. The first-order valence-corrected chi connectivity index (χ1v) is 7.39. The molecule has 1 fully saturated rings. The first kappa shape index (κ1) is 13.2. The van der Waals surface area contributed by atoms with Gasteiger partial charge in [0.05, 0.1) is 24.5 Å². The van der Waals surface area contributed by atoms with E-state index in [1.165, 1.54) is 0 Å². The van der Waals surface area contributed by atoms with Crippen molar-refractivity contribution in [2.24, 2.45) is 0 Å². The molecule has 0 aromatic carbocycles. The van der Waals surface area contributed by atoms with Crippen LogP contribution < -0.4 is 0 Å². The Kier molecular flexibility index (Phi) is 3.44. The maximum Gasteiger partial charge on any atom is 0.195 e. The van der Waals surface area contributed by atoms with Crippen LogP contribution >= 0.6 is 0 Å². The van der Waals surface area contributed by atoms with Gasteiger partial charge in [-0.3, -0.25) is 0 Å². The molecule has 1 aliphatic heterocycles. The van der Waals surface area contributed by atoms with Crippen molar-refractivity contribution < 1.29 is 9.15 Å². The number of imidazole rings is 1. The predicted molar refractivity (Wildman–Crippen MR) is 80.0 cm³/mol. The maximum atomic E-state index is 5.57. The summed E-state index contributed by atoms with van der Waals surface area (Å²) in [5.74, 6) is 2.12. The van der Waals surface area contributed by atoms with Crippen LogP contribution in [0.3, 0.4) is 0 Å². The largest absolute Gasteiger partial charge is 0.461 e. The fourth-order valence-electron chi connectivity index (χ4n) is 2.75. The zero-order valence-electron chi connectivity index (χ0n) is 12.1. The highest BCUT2D eigenvalue weighted by Gasteiger charge is 2.19. The molecule has 4 rings (SSSR count). The molecule has 0 amide bonds. The fraction of sp³-hybridized carbons (Fsp3) is 0.312. The van der Waals surface area contributed by atoms with E-state index in [0.29, 0.717) is 17.6 Å². The Balaban J connectivity index is 1.63. The van der Waals surface area contributed by atoms with Crippen LogP contribution in [-0.4, -0.2) is 32.7 Å². The van der Waals surface area contributed by atoms with E-state index < -0.39 is 0 Å². The van der Waals surface area contributed by atoms with Crippen LogP contribution in [0.25, 0.3) is 23.0 Å². The van der Waals surface area contributed by atoms with Crippen LogP contribution in [0.2, 0.25) is 0 Å². The molecule has 1 aliphatic rings. The van der Waals surface area contributed by atoms with Crippen molar-refractivity contribution in [3.8, 4) is 23.0 Å². The molecule has 22 heavy (non-hydrogen) atoms. The molecule has 4 heterocycles. The topological polar surface area (TPSA) is 66.0 Å². The Labute approximate surface area is 127 Å². The average Bonchev–Trinajstić information content (AvgIpc) is 3.28. The molecule has 6 heteroatoms. The van der Waals surface area contributed by atoms with Gasteiger partial charge in [-0.15, -0.1) is 0 Å². The highest BCUT2D eigenvalue weighted by atomic mass is 16.5. The van der Waals surface area contributed by atoms with Gasteiger partial charge in [-0.1, -0.05) is 0 Å². The average molecular weight is 296 g/mol. The number of aromatic nitrogens is 4. The molecule has 0 spiro atoms. The number of furan rings is 1. The van der Waals surface area contributed by atoms with Gasteiger partial charge in [0.25, 0.3) is 0 Å². The lowest BCUT2D eigenvalue weighted by atomic mass is 10.1. The summed E-state index contributed by atoms with van der Waals surface area (Å²) in [5.41, 5.74) is 0.894. The van der Waals surface area contributed by atoms with Gasteiger partial charge in [0, 0.05) is 31.4 Å². The molecule has 6 nitrogen and oxygen atoms in total. The molecule has 0 aliphatic carbocycles. The molecule has 0 unspecified atom stereocenters. The second kappa shape index (κ2) is 5.73. The second-order valence-corrected chi connectivity index (χ2v) is 5.30. The van der Waals surface area contributed by atoms with Crippen LogP contribution in [0.1, 0.15) is 18.9 Å². The monoisotopic (exact) mass is 296 g/mol. The first-order valence-electron chi connectivity index (χ1n) is 7.39. The summed E-state index contributed by atoms with van der Waals surface area (Å²) >= 11 is 0.